The second-order valence-electron chi connectivity index (χ2n) is 3.45. The maximum absolute atomic E-state index is 11.9. The van der Waals surface area contributed by atoms with Crippen LogP contribution in [0.25, 0.3) is 0 Å². The number of unbranched alkanes of at least 4 members (excludes halogenated alkanes) is 3. The first-order valence-corrected chi connectivity index (χ1v) is 6.67. The van der Waals surface area contributed by atoms with Crippen LogP contribution in [0.4, 0.5) is 18.0 Å². The molecule has 0 aliphatic rings. The number of hydrogen-bond donors (Lipinski definition) is 2. The van der Waals surface area contributed by atoms with Crippen molar-refractivity contribution >= 4 is 16.1 Å². The molecule has 0 spiro atoms. The van der Waals surface area contributed by atoms with E-state index in [-0.39, 0.29) is 6.54 Å². The van der Waals surface area contributed by atoms with Crippen LogP contribution in [0.3, 0.4) is 0 Å². The van der Waals surface area contributed by atoms with Crippen molar-refractivity contribution in [3.63, 3.8) is 0 Å². The number of urea groups is 1. The molecule has 0 radical (unpaired) electrons. The Morgan fingerprint density at radius 1 is 1.22 bits per heavy atom. The fraction of sp³-hybridized carbons (Fsp3) is 0.667. The third-order valence-electron chi connectivity index (χ3n) is 1.90. The maximum Gasteiger partial charge on any atom is 0.516 e. The molecule has 106 valence electrons. The van der Waals surface area contributed by atoms with E-state index in [4.69, 9.17) is 0 Å². The van der Waals surface area contributed by atoms with Gasteiger partial charge in [-0.15, -0.1) is 6.58 Å². The van der Waals surface area contributed by atoms with Crippen LogP contribution < -0.4 is 10.0 Å². The van der Waals surface area contributed by atoms with Crippen LogP contribution in [0.1, 0.15) is 25.7 Å². The van der Waals surface area contributed by atoms with Gasteiger partial charge in [-0.3, -0.25) is 0 Å². The zero-order chi connectivity index (χ0) is 14.2. The molecule has 0 aliphatic carbocycles. The van der Waals surface area contributed by atoms with Crippen LogP contribution in [0.15, 0.2) is 12.7 Å². The van der Waals surface area contributed by atoms with Crippen LogP contribution in [-0.4, -0.2) is 26.5 Å². The van der Waals surface area contributed by atoms with Crippen molar-refractivity contribution in [2.45, 2.75) is 31.2 Å². The number of rotatable bonds is 7. The molecule has 0 saturated carbocycles. The van der Waals surface area contributed by atoms with Gasteiger partial charge >= 0.3 is 21.6 Å². The number of nitrogens with one attached hydrogen (secondary N) is 2. The van der Waals surface area contributed by atoms with E-state index in [1.54, 1.807) is 6.08 Å². The highest BCUT2D eigenvalue weighted by Crippen LogP contribution is 2.21. The number of halogens is 3. The lowest BCUT2D eigenvalue weighted by atomic mass is 10.2. The van der Waals surface area contributed by atoms with Gasteiger partial charge in [0.25, 0.3) is 0 Å². The molecule has 9 heteroatoms. The number of alkyl halides is 3. The van der Waals surface area contributed by atoms with Gasteiger partial charge < -0.3 is 5.32 Å². The summed E-state index contributed by atoms with van der Waals surface area (Å²) in [4.78, 5) is 10.9. The Labute approximate surface area is 103 Å². The van der Waals surface area contributed by atoms with Gasteiger partial charge in [-0.1, -0.05) is 12.5 Å². The molecule has 5 nitrogen and oxygen atoms in total. The molecule has 0 aromatic heterocycles. The molecule has 0 atom stereocenters. The lowest BCUT2D eigenvalue weighted by Gasteiger charge is -2.10. The maximum atomic E-state index is 11.9. The molecule has 0 unspecified atom stereocenters. The van der Waals surface area contributed by atoms with E-state index in [9.17, 15) is 26.4 Å². The average Bonchev–Trinajstić information content (AvgIpc) is 2.20. The third-order valence-corrected chi connectivity index (χ3v) is 2.97. The summed E-state index contributed by atoms with van der Waals surface area (Å²) in [5.41, 5.74) is -5.49. The summed E-state index contributed by atoms with van der Waals surface area (Å²) in [7, 11) is -5.62. The fourth-order valence-electron chi connectivity index (χ4n) is 1.01. The summed E-state index contributed by atoms with van der Waals surface area (Å²) in [6, 6.07) is -1.38. The Bertz CT molecular complexity index is 379. The standard InChI is InChI=1S/C9H15F3N2O3S/c1-2-3-4-5-6-7-13-8(15)14-18(16,17)9(10,11)12/h2H,1,3-7H2,(H2,13,14,15). The van der Waals surface area contributed by atoms with Crippen LogP contribution in [0, 0.1) is 0 Å². The minimum absolute atomic E-state index is 0.107. The zero-order valence-electron chi connectivity index (χ0n) is 9.59. The third kappa shape index (κ3) is 6.48. The quantitative estimate of drug-likeness (QED) is 0.555. The van der Waals surface area contributed by atoms with E-state index in [1.165, 1.54) is 0 Å². The van der Waals surface area contributed by atoms with Crippen LogP contribution in [-0.2, 0) is 10.0 Å². The van der Waals surface area contributed by atoms with Crippen LogP contribution >= 0.6 is 0 Å². The number of carbonyl (C=O) groups excluding carboxylic acids is 1. The van der Waals surface area contributed by atoms with Gasteiger partial charge in [-0.2, -0.15) is 21.6 Å². The monoisotopic (exact) mass is 288 g/mol. The fourth-order valence-corrected chi connectivity index (χ4v) is 1.44. The molecule has 0 aromatic carbocycles. The second kappa shape index (κ2) is 7.24. The number of hydrogen-bond acceptors (Lipinski definition) is 3. The highest BCUT2D eigenvalue weighted by atomic mass is 32.2. The van der Waals surface area contributed by atoms with Gasteiger partial charge in [0.05, 0.1) is 0 Å². The van der Waals surface area contributed by atoms with Crippen molar-refractivity contribution in [2.24, 2.45) is 0 Å². The molecular formula is C9H15F3N2O3S. The van der Waals surface area contributed by atoms with Gasteiger partial charge in [0.2, 0.25) is 0 Å². The molecule has 0 aromatic rings. The predicted octanol–water partition coefficient (Wildman–Crippen LogP) is 1.88. The van der Waals surface area contributed by atoms with Crippen LogP contribution in [0.2, 0.25) is 0 Å². The molecule has 0 aliphatic heterocycles. The molecule has 0 fully saturated rings. The molecular weight excluding hydrogens is 273 g/mol. The average molecular weight is 288 g/mol. The van der Waals surface area contributed by atoms with E-state index in [2.05, 4.69) is 6.58 Å². The highest BCUT2D eigenvalue weighted by molar-refractivity contribution is 7.90. The smallest absolute Gasteiger partial charge is 0.337 e. The SMILES string of the molecule is C=CCCCCCNC(=O)NS(=O)(=O)C(F)(F)F. The summed E-state index contributed by atoms with van der Waals surface area (Å²) in [5, 5.41) is 2.03. The highest BCUT2D eigenvalue weighted by Gasteiger charge is 2.47. The van der Waals surface area contributed by atoms with Crippen molar-refractivity contribution < 1.29 is 26.4 Å². The Balaban J connectivity index is 3.89. The topological polar surface area (TPSA) is 75.3 Å². The number of carbonyl (C=O) groups is 1. The summed E-state index contributed by atoms with van der Waals surface area (Å²) in [5.74, 6) is 0. The van der Waals surface area contributed by atoms with E-state index in [1.807, 2.05) is 5.32 Å². The van der Waals surface area contributed by atoms with Crippen molar-refractivity contribution in [3.8, 4) is 0 Å². The Kier molecular flexibility index (Phi) is 6.74. The zero-order valence-corrected chi connectivity index (χ0v) is 10.4. The molecule has 2 N–H and O–H groups in total. The Morgan fingerprint density at radius 2 is 1.83 bits per heavy atom. The van der Waals surface area contributed by atoms with Gasteiger partial charge in [-0.25, -0.2) is 9.52 Å². The normalized spacial score (nSPS) is 11.9. The van der Waals surface area contributed by atoms with E-state index in [0.717, 1.165) is 24.0 Å². The molecule has 2 amide bonds. The van der Waals surface area contributed by atoms with E-state index < -0.39 is 21.6 Å². The van der Waals surface area contributed by atoms with Crippen molar-refractivity contribution in [1.29, 1.82) is 0 Å². The van der Waals surface area contributed by atoms with Crippen molar-refractivity contribution in [1.82, 2.24) is 10.0 Å². The minimum atomic E-state index is -5.62. The van der Waals surface area contributed by atoms with Gasteiger partial charge in [0.15, 0.2) is 0 Å². The van der Waals surface area contributed by atoms with E-state index >= 15 is 0 Å². The first-order chi connectivity index (χ1) is 8.20. The molecule has 0 heterocycles. The predicted molar refractivity (Wildman–Crippen MR) is 60.2 cm³/mol. The second-order valence-corrected chi connectivity index (χ2v) is 5.12. The van der Waals surface area contributed by atoms with E-state index in [0.29, 0.717) is 6.42 Å². The Morgan fingerprint density at radius 3 is 2.33 bits per heavy atom. The minimum Gasteiger partial charge on any atom is -0.337 e. The lowest BCUT2D eigenvalue weighted by Crippen LogP contribution is -2.45. The first kappa shape index (κ1) is 16.8. The van der Waals surface area contributed by atoms with Crippen molar-refractivity contribution in [2.75, 3.05) is 6.54 Å². The molecule has 0 rings (SSSR count). The summed E-state index contributed by atoms with van der Waals surface area (Å²) in [6.45, 7) is 3.62. The Hall–Kier alpha value is -1.25. The van der Waals surface area contributed by atoms with Crippen molar-refractivity contribution in [3.05, 3.63) is 12.7 Å². The molecule has 0 saturated heterocycles. The van der Waals surface area contributed by atoms with Gasteiger partial charge in [-0.05, 0) is 19.3 Å². The van der Waals surface area contributed by atoms with Gasteiger partial charge in [0.1, 0.15) is 0 Å². The molecule has 18 heavy (non-hydrogen) atoms. The van der Waals surface area contributed by atoms with Gasteiger partial charge in [0, 0.05) is 6.54 Å². The first-order valence-electron chi connectivity index (χ1n) is 5.18. The lowest BCUT2D eigenvalue weighted by molar-refractivity contribution is -0.0444. The summed E-state index contributed by atoms with van der Waals surface area (Å²) < 4.78 is 57.6. The molecule has 0 bridgehead atoms. The largest absolute Gasteiger partial charge is 0.516 e. The number of amides is 2. The number of sulfonamides is 1. The summed E-state index contributed by atoms with van der Waals surface area (Å²) >= 11 is 0. The van der Waals surface area contributed by atoms with Crippen LogP contribution in [0.5, 0.6) is 0 Å². The summed E-state index contributed by atoms with van der Waals surface area (Å²) in [6.07, 6.45) is 4.71. The number of allylic oxidation sites excluding steroid dienone is 1.